The third kappa shape index (κ3) is 2.26. The van der Waals surface area contributed by atoms with Gasteiger partial charge in [0.25, 0.3) is 5.91 Å². The Labute approximate surface area is 114 Å². The number of methoxy groups -OCH3 is 1. The molecule has 2 unspecified atom stereocenters. The number of hydrogen-bond acceptors (Lipinski definition) is 3. The van der Waals surface area contributed by atoms with E-state index in [0.717, 1.165) is 5.56 Å². The predicted octanol–water partition coefficient (Wildman–Crippen LogP) is 1.80. The van der Waals surface area contributed by atoms with Crippen molar-refractivity contribution < 1.29 is 14.3 Å². The van der Waals surface area contributed by atoms with Crippen molar-refractivity contribution in [3.05, 3.63) is 35.9 Å². The molecule has 0 aromatic heterocycles. The summed E-state index contributed by atoms with van der Waals surface area (Å²) in [6.07, 6.45) is -0.406. The van der Waals surface area contributed by atoms with Crippen LogP contribution in [0.3, 0.4) is 0 Å². The number of hydrogen-bond donors (Lipinski definition) is 0. The number of nitrogens with zero attached hydrogens (tertiary/aromatic N) is 1. The molecule has 0 bridgehead atoms. The van der Waals surface area contributed by atoms with Gasteiger partial charge in [-0.3, -0.25) is 4.79 Å². The van der Waals surface area contributed by atoms with Gasteiger partial charge >= 0.3 is 0 Å². The Morgan fingerprint density at radius 2 is 2.00 bits per heavy atom. The van der Waals surface area contributed by atoms with Gasteiger partial charge in [-0.05, 0) is 19.4 Å². The Morgan fingerprint density at radius 1 is 1.32 bits per heavy atom. The maximum Gasteiger partial charge on any atom is 0.255 e. The highest BCUT2D eigenvalue weighted by atomic mass is 16.5. The first-order valence-electron chi connectivity index (χ1n) is 6.63. The van der Waals surface area contributed by atoms with E-state index in [1.54, 1.807) is 7.11 Å². The molecule has 0 radical (unpaired) electrons. The fraction of sp³-hybridized carbons (Fsp3) is 0.533. The third-order valence-corrected chi connectivity index (χ3v) is 3.82. The predicted molar refractivity (Wildman–Crippen MR) is 72.8 cm³/mol. The summed E-state index contributed by atoms with van der Waals surface area (Å²) in [6, 6.07) is 10.0. The van der Waals surface area contributed by atoms with Crippen LogP contribution in [0, 0.1) is 0 Å². The van der Waals surface area contributed by atoms with Gasteiger partial charge in [0.2, 0.25) is 0 Å². The van der Waals surface area contributed by atoms with E-state index in [-0.39, 0.29) is 5.91 Å². The molecule has 1 amide bonds. The van der Waals surface area contributed by atoms with Crippen LogP contribution in [0.5, 0.6) is 0 Å². The minimum Gasteiger partial charge on any atom is -0.380 e. The molecule has 1 saturated heterocycles. The van der Waals surface area contributed by atoms with E-state index in [0.29, 0.717) is 19.8 Å². The minimum atomic E-state index is -0.406. The Morgan fingerprint density at radius 3 is 2.58 bits per heavy atom. The molecule has 0 saturated carbocycles. The number of carbonyl (C=O) groups is 1. The smallest absolute Gasteiger partial charge is 0.255 e. The molecule has 2 rings (SSSR count). The zero-order valence-corrected chi connectivity index (χ0v) is 11.8. The van der Waals surface area contributed by atoms with Crippen molar-refractivity contribution >= 4 is 5.91 Å². The lowest BCUT2D eigenvalue weighted by molar-refractivity contribution is -0.191. The summed E-state index contributed by atoms with van der Waals surface area (Å²) in [6.45, 7) is 5.81. The second-order valence-corrected chi connectivity index (χ2v) is 4.82. The molecule has 2 atom stereocenters. The summed E-state index contributed by atoms with van der Waals surface area (Å²) in [7, 11) is 1.59. The molecule has 104 valence electrons. The van der Waals surface area contributed by atoms with Crippen LogP contribution in [0.15, 0.2) is 30.3 Å². The normalized spacial score (nSPS) is 26.4. The van der Waals surface area contributed by atoms with Gasteiger partial charge in [0.05, 0.1) is 6.61 Å². The second-order valence-electron chi connectivity index (χ2n) is 4.82. The number of ether oxygens (including phenoxy) is 2. The van der Waals surface area contributed by atoms with Gasteiger partial charge in [-0.2, -0.15) is 0 Å². The van der Waals surface area contributed by atoms with Crippen LogP contribution in [0.25, 0.3) is 0 Å². The molecular formula is C15H21NO3. The van der Waals surface area contributed by atoms with Gasteiger partial charge in [-0.25, -0.2) is 0 Å². The lowest BCUT2D eigenvalue weighted by Gasteiger charge is -2.55. The number of likely N-dealkylation sites (tertiary alicyclic amines) is 1. The van der Waals surface area contributed by atoms with Crippen LogP contribution in [-0.2, 0) is 19.8 Å². The maximum atomic E-state index is 12.1. The summed E-state index contributed by atoms with van der Waals surface area (Å²) in [5, 5.41) is 0. The highest BCUT2D eigenvalue weighted by molar-refractivity contribution is 5.90. The summed E-state index contributed by atoms with van der Waals surface area (Å²) < 4.78 is 10.7. The average Bonchev–Trinajstić information content (AvgIpc) is 2.44. The van der Waals surface area contributed by atoms with Crippen molar-refractivity contribution in [2.24, 2.45) is 0 Å². The summed E-state index contributed by atoms with van der Waals surface area (Å²) in [5.41, 5.74) is 0.697. The van der Waals surface area contributed by atoms with Crippen molar-refractivity contribution in [2.45, 2.75) is 25.5 Å². The number of amides is 1. The first-order chi connectivity index (χ1) is 9.16. The molecule has 0 aliphatic carbocycles. The Kier molecular flexibility index (Phi) is 4.22. The fourth-order valence-electron chi connectivity index (χ4n) is 2.74. The van der Waals surface area contributed by atoms with Gasteiger partial charge in [0.15, 0.2) is 6.10 Å². The largest absolute Gasteiger partial charge is 0.380 e. The van der Waals surface area contributed by atoms with E-state index in [9.17, 15) is 4.79 Å². The van der Waals surface area contributed by atoms with Crippen LogP contribution >= 0.6 is 0 Å². The zero-order valence-electron chi connectivity index (χ0n) is 11.8. The van der Waals surface area contributed by atoms with E-state index >= 15 is 0 Å². The van der Waals surface area contributed by atoms with Crippen molar-refractivity contribution in [3.63, 3.8) is 0 Å². The number of β-lactam (4-membered cyclic amide) rings is 1. The number of rotatable bonds is 6. The zero-order chi connectivity index (χ0) is 13.9. The Hall–Kier alpha value is -1.39. The van der Waals surface area contributed by atoms with E-state index in [1.807, 2.05) is 49.1 Å². The van der Waals surface area contributed by atoms with E-state index in [4.69, 9.17) is 9.47 Å². The minimum absolute atomic E-state index is 0.0357. The lowest BCUT2D eigenvalue weighted by Crippen LogP contribution is -2.71. The number of carbonyl (C=O) groups excluding carboxylic acids is 1. The molecule has 1 aromatic carbocycles. The van der Waals surface area contributed by atoms with Crippen molar-refractivity contribution in [1.82, 2.24) is 4.90 Å². The standard InChI is InChI=1S/C15H21NO3/c1-4-19-11-10-16-14(17)13(18-3)15(16,2)12-8-6-5-7-9-12/h5-9,13H,4,10-11H2,1-3H3. The summed E-state index contributed by atoms with van der Waals surface area (Å²) in [5.74, 6) is 0.0357. The molecular weight excluding hydrogens is 242 g/mol. The first-order valence-corrected chi connectivity index (χ1v) is 6.63. The fourth-order valence-corrected chi connectivity index (χ4v) is 2.74. The highest BCUT2D eigenvalue weighted by Crippen LogP contribution is 2.42. The van der Waals surface area contributed by atoms with Crippen LogP contribution in [0.2, 0.25) is 0 Å². The van der Waals surface area contributed by atoms with E-state index < -0.39 is 11.6 Å². The van der Waals surface area contributed by atoms with Crippen molar-refractivity contribution in [1.29, 1.82) is 0 Å². The molecule has 19 heavy (non-hydrogen) atoms. The van der Waals surface area contributed by atoms with E-state index in [1.165, 1.54) is 0 Å². The quantitative estimate of drug-likeness (QED) is 0.580. The summed E-state index contributed by atoms with van der Waals surface area (Å²) >= 11 is 0. The lowest BCUT2D eigenvalue weighted by atomic mass is 9.76. The Bertz CT molecular complexity index is 434. The second kappa shape index (κ2) is 5.72. The van der Waals surface area contributed by atoms with Crippen LogP contribution in [-0.4, -0.2) is 43.8 Å². The van der Waals surface area contributed by atoms with Crippen molar-refractivity contribution in [3.8, 4) is 0 Å². The van der Waals surface area contributed by atoms with E-state index in [2.05, 4.69) is 0 Å². The van der Waals surface area contributed by atoms with Gasteiger partial charge in [0, 0.05) is 20.3 Å². The molecule has 1 aliphatic rings. The Balaban J connectivity index is 2.20. The highest BCUT2D eigenvalue weighted by Gasteiger charge is 2.58. The first kappa shape index (κ1) is 14.0. The third-order valence-electron chi connectivity index (χ3n) is 3.82. The maximum absolute atomic E-state index is 12.1. The SMILES string of the molecule is CCOCCN1C(=O)C(OC)C1(C)c1ccccc1. The molecule has 1 aliphatic heterocycles. The topological polar surface area (TPSA) is 38.8 Å². The number of benzene rings is 1. The van der Waals surface area contributed by atoms with Gasteiger partial charge in [-0.15, -0.1) is 0 Å². The molecule has 1 aromatic rings. The van der Waals surface area contributed by atoms with Gasteiger partial charge in [-0.1, -0.05) is 30.3 Å². The molecule has 1 fully saturated rings. The molecule has 0 N–H and O–H groups in total. The average molecular weight is 263 g/mol. The van der Waals surface area contributed by atoms with Gasteiger partial charge in [0.1, 0.15) is 5.54 Å². The van der Waals surface area contributed by atoms with Crippen LogP contribution < -0.4 is 0 Å². The van der Waals surface area contributed by atoms with Gasteiger partial charge < -0.3 is 14.4 Å². The molecule has 4 heteroatoms. The molecule has 4 nitrogen and oxygen atoms in total. The van der Waals surface area contributed by atoms with Crippen LogP contribution in [0.1, 0.15) is 19.4 Å². The molecule has 1 heterocycles. The molecule has 0 spiro atoms. The van der Waals surface area contributed by atoms with Crippen LogP contribution in [0.4, 0.5) is 0 Å². The summed E-state index contributed by atoms with van der Waals surface area (Å²) in [4.78, 5) is 14.0. The monoisotopic (exact) mass is 263 g/mol. The van der Waals surface area contributed by atoms with Crippen molar-refractivity contribution in [2.75, 3.05) is 26.9 Å².